The molecule has 0 atom stereocenters. The SMILES string of the molecule is COC(=O)c1cccc(NC(=O)CC(=O)Nc2ccccc2C)c1. The van der Waals surface area contributed by atoms with Crippen LogP contribution in [0.3, 0.4) is 0 Å². The van der Waals surface area contributed by atoms with Crippen molar-refractivity contribution in [2.24, 2.45) is 0 Å². The molecule has 0 saturated heterocycles. The van der Waals surface area contributed by atoms with Gasteiger partial charge < -0.3 is 15.4 Å². The van der Waals surface area contributed by atoms with Gasteiger partial charge in [0.1, 0.15) is 6.42 Å². The molecule has 2 aromatic carbocycles. The Morgan fingerprint density at radius 2 is 1.67 bits per heavy atom. The van der Waals surface area contributed by atoms with Gasteiger partial charge in [0.25, 0.3) is 0 Å². The molecule has 124 valence electrons. The highest BCUT2D eigenvalue weighted by atomic mass is 16.5. The van der Waals surface area contributed by atoms with Gasteiger partial charge in [-0.15, -0.1) is 0 Å². The zero-order valence-electron chi connectivity index (χ0n) is 13.5. The highest BCUT2D eigenvalue weighted by Crippen LogP contribution is 2.14. The Morgan fingerprint density at radius 3 is 2.38 bits per heavy atom. The topological polar surface area (TPSA) is 84.5 Å². The van der Waals surface area contributed by atoms with Crippen LogP contribution in [0.25, 0.3) is 0 Å². The molecule has 0 fully saturated rings. The summed E-state index contributed by atoms with van der Waals surface area (Å²) in [4.78, 5) is 35.4. The maximum atomic E-state index is 12.0. The van der Waals surface area contributed by atoms with E-state index in [9.17, 15) is 14.4 Å². The van der Waals surface area contributed by atoms with Gasteiger partial charge in [-0.25, -0.2) is 4.79 Å². The Hall–Kier alpha value is -3.15. The molecule has 0 aliphatic heterocycles. The van der Waals surface area contributed by atoms with Crippen molar-refractivity contribution in [3.8, 4) is 0 Å². The molecule has 0 aliphatic carbocycles. The van der Waals surface area contributed by atoms with E-state index in [0.717, 1.165) is 5.56 Å². The summed E-state index contributed by atoms with van der Waals surface area (Å²) in [6, 6.07) is 13.6. The van der Waals surface area contributed by atoms with Crippen LogP contribution in [-0.4, -0.2) is 24.9 Å². The number of rotatable bonds is 5. The number of ether oxygens (including phenoxy) is 1. The van der Waals surface area contributed by atoms with Gasteiger partial charge in [-0.05, 0) is 36.8 Å². The lowest BCUT2D eigenvalue weighted by molar-refractivity contribution is -0.123. The molecular weight excluding hydrogens is 308 g/mol. The van der Waals surface area contributed by atoms with Crippen LogP contribution in [0.2, 0.25) is 0 Å². The first-order chi connectivity index (χ1) is 11.5. The van der Waals surface area contributed by atoms with Crippen molar-refractivity contribution in [2.45, 2.75) is 13.3 Å². The Balaban J connectivity index is 1.94. The fraction of sp³-hybridized carbons (Fsp3) is 0.167. The number of esters is 1. The second-order valence-electron chi connectivity index (χ2n) is 5.16. The second kappa shape index (κ2) is 7.92. The molecule has 0 heterocycles. The molecule has 2 rings (SSSR count). The minimum atomic E-state index is -0.497. The number of carbonyl (C=O) groups excluding carboxylic acids is 3. The number of para-hydroxylation sites is 1. The van der Waals surface area contributed by atoms with Crippen LogP contribution in [0.15, 0.2) is 48.5 Å². The van der Waals surface area contributed by atoms with Gasteiger partial charge >= 0.3 is 5.97 Å². The van der Waals surface area contributed by atoms with E-state index in [1.807, 2.05) is 19.1 Å². The predicted octanol–water partition coefficient (Wildman–Crippen LogP) is 2.75. The fourth-order valence-electron chi connectivity index (χ4n) is 2.10. The molecule has 6 nitrogen and oxygen atoms in total. The molecule has 24 heavy (non-hydrogen) atoms. The quantitative estimate of drug-likeness (QED) is 0.653. The third-order valence-corrected chi connectivity index (χ3v) is 3.31. The summed E-state index contributed by atoms with van der Waals surface area (Å²) < 4.78 is 4.62. The fourth-order valence-corrected chi connectivity index (χ4v) is 2.10. The number of nitrogens with one attached hydrogen (secondary N) is 2. The van der Waals surface area contributed by atoms with Crippen LogP contribution in [0.4, 0.5) is 11.4 Å². The second-order valence-corrected chi connectivity index (χ2v) is 5.16. The number of hydrogen-bond acceptors (Lipinski definition) is 4. The maximum Gasteiger partial charge on any atom is 0.337 e. The van der Waals surface area contributed by atoms with Crippen LogP contribution in [0, 0.1) is 6.92 Å². The van der Waals surface area contributed by atoms with Crippen LogP contribution in [-0.2, 0) is 14.3 Å². The zero-order valence-corrected chi connectivity index (χ0v) is 13.5. The summed E-state index contributed by atoms with van der Waals surface area (Å²) in [7, 11) is 1.28. The van der Waals surface area contributed by atoms with E-state index < -0.39 is 17.8 Å². The third-order valence-electron chi connectivity index (χ3n) is 3.31. The molecular formula is C18H18N2O4. The lowest BCUT2D eigenvalue weighted by Crippen LogP contribution is -2.21. The van der Waals surface area contributed by atoms with Crippen molar-refractivity contribution in [3.05, 3.63) is 59.7 Å². The molecule has 0 radical (unpaired) electrons. The number of methoxy groups -OCH3 is 1. The van der Waals surface area contributed by atoms with Crippen molar-refractivity contribution >= 4 is 29.2 Å². The minimum absolute atomic E-state index is 0.319. The van der Waals surface area contributed by atoms with Crippen LogP contribution in [0.1, 0.15) is 22.3 Å². The van der Waals surface area contributed by atoms with E-state index in [2.05, 4.69) is 15.4 Å². The van der Waals surface area contributed by atoms with E-state index in [-0.39, 0.29) is 6.42 Å². The van der Waals surface area contributed by atoms with Crippen molar-refractivity contribution in [1.29, 1.82) is 0 Å². The monoisotopic (exact) mass is 326 g/mol. The Labute approximate surface area is 139 Å². The van der Waals surface area contributed by atoms with Crippen molar-refractivity contribution in [1.82, 2.24) is 0 Å². The van der Waals surface area contributed by atoms with E-state index in [4.69, 9.17) is 0 Å². The summed E-state index contributed by atoms with van der Waals surface area (Å²) in [5.74, 6) is -1.38. The number of amides is 2. The highest BCUT2D eigenvalue weighted by molar-refractivity contribution is 6.08. The first kappa shape index (κ1) is 17.2. The number of hydrogen-bond donors (Lipinski definition) is 2. The smallest absolute Gasteiger partial charge is 0.337 e. The number of carbonyl (C=O) groups is 3. The zero-order chi connectivity index (χ0) is 17.5. The number of aryl methyl sites for hydroxylation is 1. The molecule has 0 spiro atoms. The van der Waals surface area contributed by atoms with Crippen molar-refractivity contribution in [2.75, 3.05) is 17.7 Å². The third kappa shape index (κ3) is 4.67. The van der Waals surface area contributed by atoms with Gasteiger partial charge in [0.2, 0.25) is 11.8 Å². The van der Waals surface area contributed by atoms with E-state index in [0.29, 0.717) is 16.9 Å². The predicted molar refractivity (Wildman–Crippen MR) is 90.8 cm³/mol. The summed E-state index contributed by atoms with van der Waals surface area (Å²) in [6.07, 6.45) is -0.323. The molecule has 0 aliphatic rings. The normalized spacial score (nSPS) is 9.92. The Kier molecular flexibility index (Phi) is 5.68. The summed E-state index contributed by atoms with van der Waals surface area (Å²) in [5.41, 5.74) is 2.33. The van der Waals surface area contributed by atoms with E-state index in [1.54, 1.807) is 30.3 Å². The van der Waals surface area contributed by atoms with Gasteiger partial charge in [0.15, 0.2) is 0 Å². The number of anilines is 2. The van der Waals surface area contributed by atoms with Crippen LogP contribution >= 0.6 is 0 Å². The maximum absolute atomic E-state index is 12.0. The highest BCUT2D eigenvalue weighted by Gasteiger charge is 2.12. The van der Waals surface area contributed by atoms with Crippen LogP contribution in [0.5, 0.6) is 0 Å². The summed E-state index contributed by atoms with van der Waals surface area (Å²) in [6.45, 7) is 1.87. The molecule has 0 aromatic heterocycles. The molecule has 2 aromatic rings. The molecule has 0 saturated carbocycles. The van der Waals surface area contributed by atoms with Crippen molar-refractivity contribution < 1.29 is 19.1 Å². The summed E-state index contributed by atoms with van der Waals surface area (Å²) >= 11 is 0. The molecule has 6 heteroatoms. The van der Waals surface area contributed by atoms with Gasteiger partial charge in [0, 0.05) is 11.4 Å². The largest absolute Gasteiger partial charge is 0.465 e. The average Bonchev–Trinajstić information content (AvgIpc) is 2.56. The lowest BCUT2D eigenvalue weighted by atomic mass is 10.2. The van der Waals surface area contributed by atoms with Crippen molar-refractivity contribution in [3.63, 3.8) is 0 Å². The van der Waals surface area contributed by atoms with Gasteiger partial charge in [0.05, 0.1) is 12.7 Å². The van der Waals surface area contributed by atoms with Gasteiger partial charge in [-0.2, -0.15) is 0 Å². The molecule has 0 bridgehead atoms. The average molecular weight is 326 g/mol. The van der Waals surface area contributed by atoms with E-state index in [1.165, 1.54) is 13.2 Å². The Morgan fingerprint density at radius 1 is 0.958 bits per heavy atom. The van der Waals surface area contributed by atoms with Gasteiger partial charge in [-0.3, -0.25) is 9.59 Å². The van der Waals surface area contributed by atoms with Crippen LogP contribution < -0.4 is 10.6 Å². The number of benzene rings is 2. The molecule has 2 amide bonds. The lowest BCUT2D eigenvalue weighted by Gasteiger charge is -2.09. The first-order valence-electron chi connectivity index (χ1n) is 7.33. The Bertz CT molecular complexity index is 771. The standard InChI is InChI=1S/C18H18N2O4/c1-12-6-3-4-9-15(12)20-17(22)11-16(21)19-14-8-5-7-13(10-14)18(23)24-2/h3-10H,11H2,1-2H3,(H,19,21)(H,20,22). The first-order valence-corrected chi connectivity index (χ1v) is 7.33. The van der Waals surface area contributed by atoms with E-state index >= 15 is 0 Å². The molecule has 2 N–H and O–H groups in total. The minimum Gasteiger partial charge on any atom is -0.465 e. The summed E-state index contributed by atoms with van der Waals surface area (Å²) in [5, 5.41) is 5.28. The molecule has 0 unspecified atom stereocenters. The van der Waals surface area contributed by atoms with Gasteiger partial charge in [-0.1, -0.05) is 24.3 Å².